The standard InChI is InChI=1S/C20H21N3O5.ClH/c21-15(8-14-6-7-18-16(10-22-23-18)17(14)11-24)9-19(25)28-20(26)27-12-13-4-2-1-3-5-13;/h1-7,10,15,24H,8-9,11-12,21H2,(H,22,23);1H/t15-;/m1./s1. The molecule has 29 heavy (non-hydrogen) atoms. The van der Waals surface area contributed by atoms with Crippen LogP contribution in [0.2, 0.25) is 0 Å². The fourth-order valence-corrected chi connectivity index (χ4v) is 2.95. The van der Waals surface area contributed by atoms with Crippen LogP contribution in [0.1, 0.15) is 23.1 Å². The molecule has 2 aromatic carbocycles. The molecule has 3 rings (SSSR count). The molecule has 9 heteroatoms. The number of aliphatic hydroxyl groups is 1. The lowest BCUT2D eigenvalue weighted by atomic mass is 9.97. The molecule has 3 aromatic rings. The Balaban J connectivity index is 0.00000300. The Labute approximate surface area is 173 Å². The molecule has 0 fully saturated rings. The Morgan fingerprint density at radius 3 is 2.66 bits per heavy atom. The zero-order valence-corrected chi connectivity index (χ0v) is 16.4. The highest BCUT2D eigenvalue weighted by atomic mass is 35.5. The highest BCUT2D eigenvalue weighted by Gasteiger charge is 2.18. The maximum atomic E-state index is 11.9. The molecule has 1 heterocycles. The summed E-state index contributed by atoms with van der Waals surface area (Å²) < 4.78 is 9.56. The van der Waals surface area contributed by atoms with Gasteiger partial charge < -0.3 is 20.3 Å². The fraction of sp³-hybridized carbons (Fsp3) is 0.250. The Morgan fingerprint density at radius 2 is 1.93 bits per heavy atom. The van der Waals surface area contributed by atoms with Gasteiger partial charge in [0.1, 0.15) is 6.61 Å². The summed E-state index contributed by atoms with van der Waals surface area (Å²) in [7, 11) is 0. The van der Waals surface area contributed by atoms with E-state index in [2.05, 4.69) is 14.9 Å². The Bertz CT molecular complexity index is 961. The minimum Gasteiger partial charge on any atom is -0.429 e. The number of ether oxygens (including phenoxy) is 2. The van der Waals surface area contributed by atoms with Crippen molar-refractivity contribution >= 4 is 35.4 Å². The number of H-pyrrole nitrogens is 1. The number of aliphatic hydroxyl groups excluding tert-OH is 1. The molecule has 0 amide bonds. The van der Waals surface area contributed by atoms with E-state index >= 15 is 0 Å². The quantitative estimate of drug-likeness (QED) is 0.396. The van der Waals surface area contributed by atoms with Crippen molar-refractivity contribution in [3.63, 3.8) is 0 Å². The van der Waals surface area contributed by atoms with Crippen molar-refractivity contribution in [1.29, 1.82) is 0 Å². The average molecular weight is 420 g/mol. The van der Waals surface area contributed by atoms with Crippen molar-refractivity contribution in [2.24, 2.45) is 5.73 Å². The summed E-state index contributed by atoms with van der Waals surface area (Å²) in [5.74, 6) is -0.763. The zero-order chi connectivity index (χ0) is 19.9. The van der Waals surface area contributed by atoms with Crippen LogP contribution >= 0.6 is 12.4 Å². The maximum absolute atomic E-state index is 11.9. The Hall–Kier alpha value is -2.94. The smallest absolute Gasteiger partial charge is 0.429 e. The number of nitrogens with zero attached hydrogens (tertiary/aromatic N) is 1. The third-order valence-corrected chi connectivity index (χ3v) is 4.30. The lowest BCUT2D eigenvalue weighted by molar-refractivity contribution is -0.140. The fourth-order valence-electron chi connectivity index (χ4n) is 2.95. The van der Waals surface area contributed by atoms with E-state index in [9.17, 15) is 14.7 Å². The van der Waals surface area contributed by atoms with E-state index in [4.69, 9.17) is 10.5 Å². The molecule has 4 N–H and O–H groups in total. The van der Waals surface area contributed by atoms with Crippen molar-refractivity contribution in [3.05, 3.63) is 65.4 Å². The van der Waals surface area contributed by atoms with Crippen molar-refractivity contribution in [1.82, 2.24) is 10.2 Å². The molecule has 0 unspecified atom stereocenters. The lowest BCUT2D eigenvalue weighted by Crippen LogP contribution is -2.28. The van der Waals surface area contributed by atoms with E-state index in [0.717, 1.165) is 22.0 Å². The van der Waals surface area contributed by atoms with Gasteiger partial charge in [0.2, 0.25) is 0 Å². The summed E-state index contributed by atoms with van der Waals surface area (Å²) in [5, 5.41) is 17.3. The number of aromatic nitrogens is 2. The van der Waals surface area contributed by atoms with Crippen LogP contribution in [0.4, 0.5) is 4.79 Å². The van der Waals surface area contributed by atoms with Crippen LogP contribution in [0.15, 0.2) is 48.7 Å². The number of fused-ring (bicyclic) bond motifs is 1. The van der Waals surface area contributed by atoms with Crippen molar-refractivity contribution < 1.29 is 24.2 Å². The van der Waals surface area contributed by atoms with E-state index < -0.39 is 18.2 Å². The molecule has 0 bridgehead atoms. The van der Waals surface area contributed by atoms with Gasteiger partial charge in [-0.1, -0.05) is 36.4 Å². The highest BCUT2D eigenvalue weighted by molar-refractivity contribution is 5.85. The van der Waals surface area contributed by atoms with Gasteiger partial charge >= 0.3 is 12.1 Å². The summed E-state index contributed by atoms with van der Waals surface area (Å²) in [6.07, 6.45) is 0.754. The molecule has 1 atom stereocenters. The second-order valence-corrected chi connectivity index (χ2v) is 6.36. The summed E-state index contributed by atoms with van der Waals surface area (Å²) >= 11 is 0. The van der Waals surface area contributed by atoms with Gasteiger partial charge in [-0.15, -0.1) is 12.4 Å². The molecule has 8 nitrogen and oxygen atoms in total. The van der Waals surface area contributed by atoms with Gasteiger partial charge in [0, 0.05) is 11.4 Å². The first kappa shape index (κ1) is 22.4. The summed E-state index contributed by atoms with van der Waals surface area (Å²) in [6.45, 7) is -0.154. The van der Waals surface area contributed by atoms with E-state index in [1.807, 2.05) is 30.3 Å². The van der Waals surface area contributed by atoms with Gasteiger partial charge in [0.05, 0.1) is 24.7 Å². The third-order valence-electron chi connectivity index (χ3n) is 4.30. The van der Waals surface area contributed by atoms with Crippen LogP contribution in [-0.4, -0.2) is 33.5 Å². The van der Waals surface area contributed by atoms with E-state index in [0.29, 0.717) is 12.0 Å². The number of aromatic amines is 1. The molecular weight excluding hydrogens is 398 g/mol. The number of hydrogen-bond donors (Lipinski definition) is 3. The number of carbonyl (C=O) groups excluding carboxylic acids is 2. The number of nitrogens with two attached hydrogens (primary N) is 1. The first-order valence-corrected chi connectivity index (χ1v) is 8.78. The van der Waals surface area contributed by atoms with Gasteiger partial charge in [0.25, 0.3) is 0 Å². The minimum absolute atomic E-state index is 0. The number of benzene rings is 2. The first-order chi connectivity index (χ1) is 13.6. The molecule has 0 radical (unpaired) electrons. The van der Waals surface area contributed by atoms with Gasteiger partial charge in [-0.25, -0.2) is 4.79 Å². The maximum Gasteiger partial charge on any atom is 0.516 e. The van der Waals surface area contributed by atoms with Gasteiger partial charge in [-0.05, 0) is 29.2 Å². The van der Waals surface area contributed by atoms with Crippen LogP contribution in [0.3, 0.4) is 0 Å². The number of nitrogens with one attached hydrogen (secondary N) is 1. The summed E-state index contributed by atoms with van der Waals surface area (Å²) in [5.41, 5.74) is 9.14. The topological polar surface area (TPSA) is 128 Å². The number of halogens is 1. The lowest BCUT2D eigenvalue weighted by Gasteiger charge is -2.14. The van der Waals surface area contributed by atoms with Crippen molar-refractivity contribution in [3.8, 4) is 0 Å². The van der Waals surface area contributed by atoms with E-state index in [-0.39, 0.29) is 32.0 Å². The second-order valence-electron chi connectivity index (χ2n) is 6.36. The number of carbonyl (C=O) groups is 2. The highest BCUT2D eigenvalue weighted by Crippen LogP contribution is 2.22. The molecule has 0 spiro atoms. The molecule has 0 saturated heterocycles. The molecule has 154 valence electrons. The van der Waals surface area contributed by atoms with Crippen molar-refractivity contribution in [2.45, 2.75) is 32.1 Å². The third kappa shape index (κ3) is 6.02. The predicted molar refractivity (Wildman–Crippen MR) is 108 cm³/mol. The summed E-state index contributed by atoms with van der Waals surface area (Å²) in [4.78, 5) is 23.6. The van der Waals surface area contributed by atoms with Gasteiger partial charge in [-0.3, -0.25) is 9.89 Å². The zero-order valence-electron chi connectivity index (χ0n) is 15.5. The van der Waals surface area contributed by atoms with E-state index in [1.165, 1.54) is 0 Å². The molecule has 0 aliphatic rings. The van der Waals surface area contributed by atoms with Crippen LogP contribution < -0.4 is 5.73 Å². The number of hydrogen-bond acceptors (Lipinski definition) is 7. The number of esters is 1. The molecule has 0 aliphatic heterocycles. The van der Waals surface area contributed by atoms with E-state index in [1.54, 1.807) is 18.3 Å². The molecule has 0 saturated carbocycles. The molecular formula is C20H22ClN3O5. The Kier molecular flexibility index (Phi) is 8.14. The number of rotatable bonds is 7. The van der Waals surface area contributed by atoms with Crippen LogP contribution in [-0.2, 0) is 33.9 Å². The minimum atomic E-state index is -1.06. The van der Waals surface area contributed by atoms with Gasteiger partial charge in [-0.2, -0.15) is 5.10 Å². The average Bonchev–Trinajstić information content (AvgIpc) is 3.15. The largest absolute Gasteiger partial charge is 0.516 e. The van der Waals surface area contributed by atoms with Crippen LogP contribution in [0.5, 0.6) is 0 Å². The monoisotopic (exact) mass is 419 g/mol. The second kappa shape index (κ2) is 10.6. The van der Waals surface area contributed by atoms with Crippen LogP contribution in [0, 0.1) is 0 Å². The predicted octanol–water partition coefficient (Wildman–Crippen LogP) is 2.62. The molecule has 0 aliphatic carbocycles. The Morgan fingerprint density at radius 1 is 1.17 bits per heavy atom. The molecule has 1 aromatic heterocycles. The SMILES string of the molecule is Cl.N[C@@H](CC(=O)OC(=O)OCc1ccccc1)Cc1ccc2[nH]ncc2c1CO. The van der Waals surface area contributed by atoms with Gasteiger partial charge in [0.15, 0.2) is 0 Å². The normalized spacial score (nSPS) is 11.5. The summed E-state index contributed by atoms with van der Waals surface area (Å²) in [6, 6.07) is 12.1. The van der Waals surface area contributed by atoms with Crippen LogP contribution in [0.25, 0.3) is 10.9 Å². The van der Waals surface area contributed by atoms with Crippen molar-refractivity contribution in [2.75, 3.05) is 0 Å². The first-order valence-electron chi connectivity index (χ1n) is 8.78.